The lowest BCUT2D eigenvalue weighted by atomic mass is 9.88. The van der Waals surface area contributed by atoms with E-state index in [2.05, 4.69) is 4.98 Å². The van der Waals surface area contributed by atoms with Crippen LogP contribution in [0, 0.1) is 0 Å². The van der Waals surface area contributed by atoms with Crippen molar-refractivity contribution in [3.8, 4) is 11.5 Å². The molecule has 0 radical (unpaired) electrons. The van der Waals surface area contributed by atoms with Gasteiger partial charge in [0.25, 0.3) is 5.91 Å². The predicted octanol–water partition coefficient (Wildman–Crippen LogP) is 2.82. The van der Waals surface area contributed by atoms with Crippen molar-refractivity contribution >= 4 is 17.4 Å². The maximum absolute atomic E-state index is 13.3. The van der Waals surface area contributed by atoms with Gasteiger partial charge in [0.05, 0.1) is 18.7 Å². The van der Waals surface area contributed by atoms with Crippen molar-refractivity contribution in [2.75, 3.05) is 11.7 Å². The minimum absolute atomic E-state index is 0.167. The highest BCUT2D eigenvalue weighted by Crippen LogP contribution is 2.44. The minimum Gasteiger partial charge on any atom is -0.454 e. The number of carbonyl (C=O) groups excluding carboxylic acids is 2. The third-order valence-corrected chi connectivity index (χ3v) is 5.42. The van der Waals surface area contributed by atoms with Crippen molar-refractivity contribution in [2.24, 2.45) is 0 Å². The summed E-state index contributed by atoms with van der Waals surface area (Å²) >= 11 is 0. The first kappa shape index (κ1) is 18.3. The number of amides is 1. The van der Waals surface area contributed by atoms with Gasteiger partial charge >= 0.3 is 0 Å². The smallest absolute Gasteiger partial charge is 0.264 e. The van der Waals surface area contributed by atoms with Gasteiger partial charge < -0.3 is 19.5 Å². The average molecular weight is 402 g/mol. The molecule has 0 saturated carbocycles. The third kappa shape index (κ3) is 2.91. The first-order chi connectivity index (χ1) is 14.6. The lowest BCUT2D eigenvalue weighted by Crippen LogP contribution is -2.41. The van der Waals surface area contributed by atoms with Gasteiger partial charge in [0, 0.05) is 23.5 Å². The summed E-state index contributed by atoms with van der Waals surface area (Å²) in [6.07, 6.45) is 2.64. The summed E-state index contributed by atoms with van der Waals surface area (Å²) in [6, 6.07) is 15.7. The number of benzene rings is 2. The minimum atomic E-state index is -1.93. The number of aromatic nitrogens is 1. The zero-order valence-electron chi connectivity index (χ0n) is 15.9. The van der Waals surface area contributed by atoms with Crippen molar-refractivity contribution in [3.05, 3.63) is 83.7 Å². The van der Waals surface area contributed by atoms with Gasteiger partial charge in [-0.1, -0.05) is 24.3 Å². The molecule has 0 bridgehead atoms. The first-order valence-electron chi connectivity index (χ1n) is 9.52. The number of aliphatic hydroxyl groups is 1. The predicted molar refractivity (Wildman–Crippen MR) is 107 cm³/mol. The number of ketones is 1. The summed E-state index contributed by atoms with van der Waals surface area (Å²) in [4.78, 5) is 31.5. The fourth-order valence-corrected chi connectivity index (χ4v) is 3.92. The van der Waals surface area contributed by atoms with Gasteiger partial charge in [0.1, 0.15) is 0 Å². The summed E-state index contributed by atoms with van der Waals surface area (Å²) in [5.74, 6) is 0.400. The van der Waals surface area contributed by atoms with Crippen LogP contribution in [0.2, 0.25) is 0 Å². The zero-order chi connectivity index (χ0) is 20.7. The van der Waals surface area contributed by atoms with E-state index in [1.54, 1.807) is 48.7 Å². The van der Waals surface area contributed by atoms with Gasteiger partial charge in [0.2, 0.25) is 6.79 Å². The largest absolute Gasteiger partial charge is 0.454 e. The molecule has 0 saturated heterocycles. The van der Waals surface area contributed by atoms with Crippen molar-refractivity contribution in [2.45, 2.75) is 18.6 Å². The second-order valence-electron chi connectivity index (χ2n) is 7.30. The highest BCUT2D eigenvalue weighted by atomic mass is 16.7. The van der Waals surface area contributed by atoms with E-state index in [9.17, 15) is 14.7 Å². The standard InChI is InChI=1S/C23H18N2O5/c26-19(16-4-3-9-24-12-16)11-23(28)17-5-1-2-6-18(17)25(22(23)27)13-15-7-8-20-21(10-15)30-14-29-20/h1-10,12,28H,11,13-14H2/t23-/m0/s1. The lowest BCUT2D eigenvalue weighted by Gasteiger charge is -2.23. The molecule has 2 aromatic carbocycles. The molecule has 3 heterocycles. The number of hydrogen-bond donors (Lipinski definition) is 1. The van der Waals surface area contributed by atoms with Crippen LogP contribution >= 0.6 is 0 Å². The molecule has 0 fully saturated rings. The van der Waals surface area contributed by atoms with E-state index in [4.69, 9.17) is 9.47 Å². The molecule has 0 unspecified atom stereocenters. The van der Waals surface area contributed by atoms with Gasteiger partial charge in [0.15, 0.2) is 22.9 Å². The highest BCUT2D eigenvalue weighted by molar-refractivity contribution is 6.10. The van der Waals surface area contributed by atoms with Gasteiger partial charge in [-0.25, -0.2) is 0 Å². The van der Waals surface area contributed by atoms with Crippen molar-refractivity contribution < 1.29 is 24.2 Å². The van der Waals surface area contributed by atoms with Crippen molar-refractivity contribution in [3.63, 3.8) is 0 Å². The number of rotatable bonds is 5. The Kier molecular flexibility index (Phi) is 4.25. The van der Waals surface area contributed by atoms with Crippen molar-refractivity contribution in [1.82, 2.24) is 4.98 Å². The van der Waals surface area contributed by atoms with Gasteiger partial charge in [-0.3, -0.25) is 14.6 Å². The SMILES string of the molecule is O=C(C[C@@]1(O)C(=O)N(Cc2ccc3c(c2)OCO3)c2ccccc21)c1cccnc1. The van der Waals surface area contributed by atoms with Crippen LogP contribution in [-0.2, 0) is 16.9 Å². The van der Waals surface area contributed by atoms with Crippen LogP contribution in [0.3, 0.4) is 0 Å². The van der Waals surface area contributed by atoms with Crippen LogP contribution in [0.1, 0.15) is 27.9 Å². The topological polar surface area (TPSA) is 89.0 Å². The number of anilines is 1. The number of nitrogens with zero attached hydrogens (tertiary/aromatic N) is 2. The first-order valence-corrected chi connectivity index (χ1v) is 9.52. The number of hydrogen-bond acceptors (Lipinski definition) is 6. The maximum Gasteiger partial charge on any atom is 0.264 e. The van der Waals surface area contributed by atoms with Gasteiger partial charge in [-0.2, -0.15) is 0 Å². The summed E-state index contributed by atoms with van der Waals surface area (Å²) in [5, 5.41) is 11.4. The molecule has 7 nitrogen and oxygen atoms in total. The summed E-state index contributed by atoms with van der Waals surface area (Å²) in [5.41, 5.74) is 0.255. The molecule has 150 valence electrons. The number of Topliss-reactive ketones (excluding diaryl/α,β-unsaturated/α-hetero) is 1. The molecule has 1 atom stereocenters. The van der Waals surface area contributed by atoms with Crippen LogP contribution in [0.5, 0.6) is 11.5 Å². The molecule has 30 heavy (non-hydrogen) atoms. The number of carbonyl (C=O) groups is 2. The van der Waals surface area contributed by atoms with E-state index < -0.39 is 11.5 Å². The molecule has 1 amide bonds. The molecule has 2 aliphatic rings. The molecule has 1 aromatic heterocycles. The van der Waals surface area contributed by atoms with Gasteiger partial charge in [-0.05, 0) is 35.9 Å². The Morgan fingerprint density at radius 3 is 2.77 bits per heavy atom. The fraction of sp³-hybridized carbons (Fsp3) is 0.174. The van der Waals surface area contributed by atoms with E-state index >= 15 is 0 Å². The Bertz CT molecular complexity index is 1150. The number of ether oxygens (including phenoxy) is 2. The van der Waals surface area contributed by atoms with Crippen molar-refractivity contribution in [1.29, 1.82) is 0 Å². The van der Waals surface area contributed by atoms with Crippen LogP contribution in [0.15, 0.2) is 67.0 Å². The lowest BCUT2D eigenvalue weighted by molar-refractivity contribution is -0.136. The van der Waals surface area contributed by atoms with Crippen LogP contribution in [-0.4, -0.2) is 28.6 Å². The van der Waals surface area contributed by atoms with E-state index in [0.717, 1.165) is 5.56 Å². The molecule has 0 spiro atoms. The summed E-state index contributed by atoms with van der Waals surface area (Å²) in [6.45, 7) is 0.399. The van der Waals surface area contributed by atoms with E-state index in [-0.39, 0.29) is 25.5 Å². The van der Waals surface area contributed by atoms with Crippen LogP contribution in [0.4, 0.5) is 5.69 Å². The Balaban J connectivity index is 1.47. The van der Waals surface area contributed by atoms with Gasteiger partial charge in [-0.15, -0.1) is 0 Å². The highest BCUT2D eigenvalue weighted by Gasteiger charge is 2.50. The second kappa shape index (κ2) is 6.96. The number of para-hydroxylation sites is 1. The molecular formula is C23H18N2O5. The molecule has 1 N–H and O–H groups in total. The maximum atomic E-state index is 13.3. The zero-order valence-corrected chi connectivity index (χ0v) is 15.9. The molecule has 0 aliphatic carbocycles. The normalized spacial score (nSPS) is 19.1. The Morgan fingerprint density at radius 2 is 1.93 bits per heavy atom. The quantitative estimate of drug-likeness (QED) is 0.660. The molecule has 5 rings (SSSR count). The summed E-state index contributed by atoms with van der Waals surface area (Å²) in [7, 11) is 0. The monoisotopic (exact) mass is 402 g/mol. The fourth-order valence-electron chi connectivity index (χ4n) is 3.92. The Hall–Kier alpha value is -3.71. The Morgan fingerprint density at radius 1 is 1.10 bits per heavy atom. The van der Waals surface area contributed by atoms with E-state index in [1.165, 1.54) is 11.1 Å². The number of pyridine rings is 1. The molecule has 7 heteroatoms. The second-order valence-corrected chi connectivity index (χ2v) is 7.30. The average Bonchev–Trinajstić information content (AvgIpc) is 3.32. The summed E-state index contributed by atoms with van der Waals surface area (Å²) < 4.78 is 10.8. The van der Waals surface area contributed by atoms with Crippen LogP contribution < -0.4 is 14.4 Å². The molecular weight excluding hydrogens is 384 g/mol. The molecule has 3 aromatic rings. The van der Waals surface area contributed by atoms with E-state index in [1.807, 2.05) is 12.1 Å². The van der Waals surface area contributed by atoms with Crippen LogP contribution in [0.25, 0.3) is 0 Å². The van der Waals surface area contributed by atoms with E-state index in [0.29, 0.717) is 28.3 Å². The number of fused-ring (bicyclic) bond motifs is 2. The Labute approximate surface area is 172 Å². The third-order valence-electron chi connectivity index (χ3n) is 5.42. The molecule has 2 aliphatic heterocycles.